The lowest BCUT2D eigenvalue weighted by molar-refractivity contribution is 0.308. The van der Waals surface area contributed by atoms with Crippen LogP contribution in [0.5, 0.6) is 0 Å². The molecule has 0 radical (unpaired) electrons. The van der Waals surface area contributed by atoms with E-state index in [1.807, 2.05) is 0 Å². The van der Waals surface area contributed by atoms with Crippen molar-refractivity contribution in [3.63, 3.8) is 0 Å². The number of hydrogen-bond acceptors (Lipinski definition) is 4. The summed E-state index contributed by atoms with van der Waals surface area (Å²) in [5.74, 6) is 1.24. The molecule has 1 saturated carbocycles. The fourth-order valence-corrected chi connectivity index (χ4v) is 1.96. The van der Waals surface area contributed by atoms with Crippen LogP contribution in [0.25, 0.3) is 0 Å². The van der Waals surface area contributed by atoms with Crippen LogP contribution < -0.4 is 5.32 Å². The van der Waals surface area contributed by atoms with Gasteiger partial charge < -0.3 is 5.32 Å². The average Bonchev–Trinajstić information content (AvgIpc) is 1.99. The maximum Gasteiger partial charge on any atom is 0.228 e. The topological polar surface area (TPSA) is 50.7 Å². The van der Waals surface area contributed by atoms with E-state index in [0.717, 1.165) is 18.8 Å². The maximum absolute atomic E-state index is 5.64. The molecule has 0 bridgehead atoms. The van der Waals surface area contributed by atoms with Gasteiger partial charge >= 0.3 is 0 Å². The summed E-state index contributed by atoms with van der Waals surface area (Å²) in [5.41, 5.74) is 0. The standard InChI is InChI=1S/C8H10Cl2N4/c1-4-2-5(3-4)11-8-13-6(9)12-7(10)14-8/h4-5H,2-3H2,1H3,(H,11,12,13,14). The molecule has 1 aliphatic rings. The lowest BCUT2D eigenvalue weighted by Crippen LogP contribution is -2.34. The van der Waals surface area contributed by atoms with Gasteiger partial charge in [-0.1, -0.05) is 6.92 Å². The Hall–Kier alpha value is -0.610. The van der Waals surface area contributed by atoms with Crippen LogP contribution in [0.1, 0.15) is 19.8 Å². The van der Waals surface area contributed by atoms with Crippen LogP contribution in [-0.4, -0.2) is 21.0 Å². The van der Waals surface area contributed by atoms with Crippen molar-refractivity contribution in [1.29, 1.82) is 0 Å². The van der Waals surface area contributed by atoms with Gasteiger partial charge in [0.05, 0.1) is 0 Å². The number of nitrogens with zero attached hydrogens (tertiary/aromatic N) is 3. The van der Waals surface area contributed by atoms with E-state index in [-0.39, 0.29) is 10.6 Å². The van der Waals surface area contributed by atoms with E-state index < -0.39 is 0 Å². The second-order valence-corrected chi connectivity index (χ2v) is 4.29. The summed E-state index contributed by atoms with van der Waals surface area (Å²) in [7, 11) is 0. The average molecular weight is 233 g/mol. The molecule has 1 aliphatic carbocycles. The van der Waals surface area contributed by atoms with Gasteiger partial charge in [0, 0.05) is 6.04 Å². The minimum atomic E-state index is 0.125. The molecule has 0 atom stereocenters. The Morgan fingerprint density at radius 3 is 2.21 bits per heavy atom. The third kappa shape index (κ3) is 2.25. The van der Waals surface area contributed by atoms with Gasteiger partial charge in [0.25, 0.3) is 0 Å². The monoisotopic (exact) mass is 232 g/mol. The Kier molecular flexibility index (Phi) is 2.74. The van der Waals surface area contributed by atoms with Crippen molar-refractivity contribution >= 4 is 29.2 Å². The third-order valence-electron chi connectivity index (χ3n) is 2.29. The van der Waals surface area contributed by atoms with Gasteiger partial charge in [-0.05, 0) is 42.0 Å². The molecule has 1 fully saturated rings. The zero-order chi connectivity index (χ0) is 10.1. The van der Waals surface area contributed by atoms with Crippen LogP contribution in [0.15, 0.2) is 0 Å². The van der Waals surface area contributed by atoms with Crippen molar-refractivity contribution in [3.05, 3.63) is 10.6 Å². The summed E-state index contributed by atoms with van der Waals surface area (Å²) in [6.45, 7) is 2.21. The smallest absolute Gasteiger partial charge is 0.228 e. The van der Waals surface area contributed by atoms with Crippen molar-refractivity contribution in [2.45, 2.75) is 25.8 Å². The molecule has 0 aromatic carbocycles. The Balaban J connectivity index is 2.02. The number of hydrogen-bond donors (Lipinski definition) is 1. The van der Waals surface area contributed by atoms with Gasteiger partial charge in [-0.15, -0.1) is 0 Å². The van der Waals surface area contributed by atoms with E-state index in [0.29, 0.717) is 12.0 Å². The van der Waals surface area contributed by atoms with Crippen molar-refractivity contribution in [2.24, 2.45) is 5.92 Å². The molecule has 1 heterocycles. The predicted molar refractivity (Wildman–Crippen MR) is 55.7 cm³/mol. The molecule has 0 amide bonds. The first kappa shape index (κ1) is 9.93. The fraction of sp³-hybridized carbons (Fsp3) is 0.625. The Morgan fingerprint density at radius 1 is 1.14 bits per heavy atom. The van der Waals surface area contributed by atoms with Crippen LogP contribution >= 0.6 is 23.2 Å². The van der Waals surface area contributed by atoms with Crippen molar-refractivity contribution < 1.29 is 0 Å². The first-order chi connectivity index (χ1) is 6.63. The number of halogens is 2. The summed E-state index contributed by atoms with van der Waals surface area (Å²) in [6.07, 6.45) is 2.28. The van der Waals surface area contributed by atoms with Gasteiger partial charge in [-0.25, -0.2) is 0 Å². The second kappa shape index (κ2) is 3.87. The van der Waals surface area contributed by atoms with Gasteiger partial charge in [0.15, 0.2) is 0 Å². The highest BCUT2D eigenvalue weighted by Crippen LogP contribution is 2.28. The van der Waals surface area contributed by atoms with Crippen LogP contribution in [0.4, 0.5) is 5.95 Å². The molecule has 14 heavy (non-hydrogen) atoms. The molecule has 76 valence electrons. The third-order valence-corrected chi connectivity index (χ3v) is 2.63. The molecule has 1 aromatic heterocycles. The lowest BCUT2D eigenvalue weighted by Gasteiger charge is -2.33. The quantitative estimate of drug-likeness (QED) is 0.851. The van der Waals surface area contributed by atoms with Crippen LogP contribution in [-0.2, 0) is 0 Å². The highest BCUT2D eigenvalue weighted by Gasteiger charge is 2.25. The number of anilines is 1. The SMILES string of the molecule is CC1CC(Nc2nc(Cl)nc(Cl)n2)C1. The first-order valence-corrected chi connectivity index (χ1v) is 5.22. The molecular formula is C8H10Cl2N4. The minimum absolute atomic E-state index is 0.125. The molecule has 1 aromatic rings. The maximum atomic E-state index is 5.64. The molecule has 6 heteroatoms. The van der Waals surface area contributed by atoms with E-state index in [1.165, 1.54) is 0 Å². The normalized spacial score (nSPS) is 25.6. The predicted octanol–water partition coefficient (Wildman–Crippen LogP) is 2.39. The number of nitrogens with one attached hydrogen (secondary N) is 1. The lowest BCUT2D eigenvalue weighted by atomic mass is 9.82. The Morgan fingerprint density at radius 2 is 1.71 bits per heavy atom. The van der Waals surface area contributed by atoms with Crippen LogP contribution in [0, 0.1) is 5.92 Å². The molecule has 0 saturated heterocycles. The molecule has 0 spiro atoms. The van der Waals surface area contributed by atoms with Crippen LogP contribution in [0.2, 0.25) is 10.6 Å². The Bertz CT molecular complexity index is 318. The van der Waals surface area contributed by atoms with E-state index in [2.05, 4.69) is 27.2 Å². The van der Waals surface area contributed by atoms with Crippen molar-refractivity contribution in [1.82, 2.24) is 15.0 Å². The summed E-state index contributed by atoms with van der Waals surface area (Å²) >= 11 is 11.3. The minimum Gasteiger partial charge on any atom is -0.351 e. The summed E-state index contributed by atoms with van der Waals surface area (Å²) < 4.78 is 0. The van der Waals surface area contributed by atoms with E-state index in [1.54, 1.807) is 0 Å². The van der Waals surface area contributed by atoms with E-state index >= 15 is 0 Å². The number of aromatic nitrogens is 3. The summed E-state index contributed by atoms with van der Waals surface area (Å²) in [4.78, 5) is 11.5. The number of rotatable bonds is 2. The molecule has 0 aliphatic heterocycles. The van der Waals surface area contributed by atoms with E-state index in [9.17, 15) is 0 Å². The van der Waals surface area contributed by atoms with Gasteiger partial charge in [-0.3, -0.25) is 0 Å². The summed E-state index contributed by atoms with van der Waals surface area (Å²) in [6, 6.07) is 0.444. The zero-order valence-electron chi connectivity index (χ0n) is 7.67. The van der Waals surface area contributed by atoms with Gasteiger partial charge in [0.1, 0.15) is 0 Å². The molecular weight excluding hydrogens is 223 g/mol. The fourth-order valence-electron chi connectivity index (χ4n) is 1.59. The zero-order valence-corrected chi connectivity index (χ0v) is 9.18. The summed E-state index contributed by atoms with van der Waals surface area (Å²) in [5, 5.41) is 3.41. The van der Waals surface area contributed by atoms with E-state index in [4.69, 9.17) is 23.2 Å². The van der Waals surface area contributed by atoms with Crippen molar-refractivity contribution in [3.8, 4) is 0 Å². The Labute approximate surface area is 92.1 Å². The molecule has 1 N–H and O–H groups in total. The molecule has 2 rings (SSSR count). The first-order valence-electron chi connectivity index (χ1n) is 4.47. The van der Waals surface area contributed by atoms with Gasteiger partial charge in [0.2, 0.25) is 16.5 Å². The van der Waals surface area contributed by atoms with Crippen molar-refractivity contribution in [2.75, 3.05) is 5.32 Å². The highest BCUT2D eigenvalue weighted by molar-refractivity contribution is 6.31. The largest absolute Gasteiger partial charge is 0.351 e. The highest BCUT2D eigenvalue weighted by atomic mass is 35.5. The molecule has 0 unspecified atom stereocenters. The molecule has 4 nitrogen and oxygen atoms in total. The van der Waals surface area contributed by atoms with Crippen LogP contribution in [0.3, 0.4) is 0 Å². The van der Waals surface area contributed by atoms with Gasteiger partial charge in [-0.2, -0.15) is 15.0 Å². The second-order valence-electron chi connectivity index (χ2n) is 3.61.